The number of nitrogens with two attached hydrogens (primary N) is 1. The summed E-state index contributed by atoms with van der Waals surface area (Å²) in [6, 6.07) is 3.28. The van der Waals surface area contributed by atoms with Gasteiger partial charge in [0.05, 0.1) is 0 Å². The number of rotatable bonds is 3. The summed E-state index contributed by atoms with van der Waals surface area (Å²) in [5.41, 5.74) is 5.88. The number of amides is 1. The standard InChI is InChI=1S/C13H16F2N2O.ClH/c14-10-2-4-12(15)9(5-10)7-17-13(18)8-1-3-11(16)6-8;/h2,4-5,8,11H,1,3,6-7,16H2,(H,17,18);1H. The van der Waals surface area contributed by atoms with Crippen molar-refractivity contribution in [3.8, 4) is 0 Å². The molecule has 2 rings (SSSR count). The molecule has 0 spiro atoms. The van der Waals surface area contributed by atoms with Crippen LogP contribution < -0.4 is 11.1 Å². The topological polar surface area (TPSA) is 55.1 Å². The van der Waals surface area contributed by atoms with Crippen molar-refractivity contribution >= 4 is 18.3 Å². The summed E-state index contributed by atoms with van der Waals surface area (Å²) >= 11 is 0. The van der Waals surface area contributed by atoms with E-state index in [2.05, 4.69) is 5.32 Å². The van der Waals surface area contributed by atoms with E-state index in [1.54, 1.807) is 0 Å². The Morgan fingerprint density at radius 2 is 2.11 bits per heavy atom. The first-order valence-corrected chi connectivity index (χ1v) is 6.03. The highest BCUT2D eigenvalue weighted by molar-refractivity contribution is 5.85. The van der Waals surface area contributed by atoms with Crippen molar-refractivity contribution in [1.82, 2.24) is 5.32 Å². The molecule has 1 saturated carbocycles. The summed E-state index contributed by atoms with van der Waals surface area (Å²) in [5.74, 6) is -1.26. The average molecular weight is 291 g/mol. The molecule has 3 N–H and O–H groups in total. The van der Waals surface area contributed by atoms with E-state index in [1.165, 1.54) is 0 Å². The van der Waals surface area contributed by atoms with Crippen molar-refractivity contribution in [2.45, 2.75) is 31.8 Å². The van der Waals surface area contributed by atoms with Crippen LogP contribution in [0, 0.1) is 17.6 Å². The monoisotopic (exact) mass is 290 g/mol. The van der Waals surface area contributed by atoms with Gasteiger partial charge in [-0.25, -0.2) is 8.78 Å². The predicted octanol–water partition coefficient (Wildman–Crippen LogP) is 2.13. The number of halogens is 3. The lowest BCUT2D eigenvalue weighted by molar-refractivity contribution is -0.125. The van der Waals surface area contributed by atoms with Gasteiger partial charge < -0.3 is 11.1 Å². The van der Waals surface area contributed by atoms with Crippen LogP contribution in [0.4, 0.5) is 8.78 Å². The summed E-state index contributed by atoms with van der Waals surface area (Å²) < 4.78 is 26.2. The van der Waals surface area contributed by atoms with E-state index in [4.69, 9.17) is 5.73 Å². The molecule has 3 nitrogen and oxygen atoms in total. The van der Waals surface area contributed by atoms with Gasteiger partial charge >= 0.3 is 0 Å². The lowest BCUT2D eigenvalue weighted by Crippen LogP contribution is -2.30. The maximum absolute atomic E-state index is 13.3. The van der Waals surface area contributed by atoms with Crippen molar-refractivity contribution in [2.75, 3.05) is 0 Å². The van der Waals surface area contributed by atoms with E-state index in [9.17, 15) is 13.6 Å². The highest BCUT2D eigenvalue weighted by Crippen LogP contribution is 2.24. The molecule has 1 aliphatic carbocycles. The maximum Gasteiger partial charge on any atom is 0.223 e. The van der Waals surface area contributed by atoms with Crippen LogP contribution in [0.2, 0.25) is 0 Å². The van der Waals surface area contributed by atoms with Gasteiger partial charge in [-0.15, -0.1) is 12.4 Å². The second-order valence-electron chi connectivity index (χ2n) is 4.72. The largest absolute Gasteiger partial charge is 0.352 e. The van der Waals surface area contributed by atoms with Gasteiger partial charge in [-0.05, 0) is 37.5 Å². The van der Waals surface area contributed by atoms with E-state index < -0.39 is 11.6 Å². The SMILES string of the molecule is Cl.NC1CCC(C(=O)NCc2cc(F)ccc2F)C1. The molecule has 106 valence electrons. The first-order valence-electron chi connectivity index (χ1n) is 6.03. The molecule has 1 aromatic carbocycles. The van der Waals surface area contributed by atoms with Crippen LogP contribution in [0.5, 0.6) is 0 Å². The third-order valence-corrected chi connectivity index (χ3v) is 3.30. The fourth-order valence-corrected chi connectivity index (χ4v) is 2.26. The molecular formula is C13H17ClF2N2O. The quantitative estimate of drug-likeness (QED) is 0.896. The van der Waals surface area contributed by atoms with E-state index in [-0.39, 0.29) is 42.4 Å². The molecular weight excluding hydrogens is 274 g/mol. The number of benzene rings is 1. The Bertz CT molecular complexity index is 456. The zero-order chi connectivity index (χ0) is 13.1. The third kappa shape index (κ3) is 4.14. The van der Waals surface area contributed by atoms with Gasteiger partial charge in [0, 0.05) is 24.1 Å². The van der Waals surface area contributed by atoms with Crippen LogP contribution in [0.25, 0.3) is 0 Å². The lowest BCUT2D eigenvalue weighted by atomic mass is 10.1. The number of carbonyl (C=O) groups is 1. The van der Waals surface area contributed by atoms with Crippen LogP contribution in [-0.4, -0.2) is 11.9 Å². The first-order chi connectivity index (χ1) is 8.56. The van der Waals surface area contributed by atoms with Gasteiger partial charge in [0.1, 0.15) is 11.6 Å². The number of hydrogen-bond acceptors (Lipinski definition) is 2. The first kappa shape index (κ1) is 15.9. The molecule has 0 radical (unpaired) electrons. The van der Waals surface area contributed by atoms with E-state index in [1.807, 2.05) is 0 Å². The summed E-state index contributed by atoms with van der Waals surface area (Å²) in [6.07, 6.45) is 2.27. The molecule has 19 heavy (non-hydrogen) atoms. The van der Waals surface area contributed by atoms with Crippen LogP contribution in [0.15, 0.2) is 18.2 Å². The normalized spacial score (nSPS) is 21.8. The van der Waals surface area contributed by atoms with Crippen molar-refractivity contribution in [3.05, 3.63) is 35.4 Å². The van der Waals surface area contributed by atoms with E-state index in [0.717, 1.165) is 31.0 Å². The Hall–Kier alpha value is -1.20. The molecule has 1 aromatic rings. The summed E-state index contributed by atoms with van der Waals surface area (Å²) in [5, 5.41) is 2.63. The minimum Gasteiger partial charge on any atom is -0.352 e. The van der Waals surface area contributed by atoms with Gasteiger partial charge in [0.25, 0.3) is 0 Å². The molecule has 2 atom stereocenters. The Balaban J connectivity index is 0.00000180. The van der Waals surface area contributed by atoms with Crippen LogP contribution in [0.1, 0.15) is 24.8 Å². The average Bonchev–Trinajstić information content (AvgIpc) is 2.77. The number of carbonyl (C=O) groups excluding carboxylic acids is 1. The Morgan fingerprint density at radius 1 is 1.37 bits per heavy atom. The van der Waals surface area contributed by atoms with Gasteiger partial charge in [0.2, 0.25) is 5.91 Å². The van der Waals surface area contributed by atoms with Crippen LogP contribution in [-0.2, 0) is 11.3 Å². The fraction of sp³-hybridized carbons (Fsp3) is 0.462. The highest BCUT2D eigenvalue weighted by Gasteiger charge is 2.27. The van der Waals surface area contributed by atoms with Crippen molar-refractivity contribution in [3.63, 3.8) is 0 Å². The molecule has 2 unspecified atom stereocenters. The minimum absolute atomic E-state index is 0. The van der Waals surface area contributed by atoms with Crippen molar-refractivity contribution < 1.29 is 13.6 Å². The molecule has 0 saturated heterocycles. The van der Waals surface area contributed by atoms with Gasteiger partial charge in [0.15, 0.2) is 0 Å². The molecule has 6 heteroatoms. The maximum atomic E-state index is 13.3. The van der Waals surface area contributed by atoms with Crippen molar-refractivity contribution in [1.29, 1.82) is 0 Å². The van der Waals surface area contributed by atoms with Gasteiger partial charge in [-0.2, -0.15) is 0 Å². The lowest BCUT2D eigenvalue weighted by Gasteiger charge is -2.11. The fourth-order valence-electron chi connectivity index (χ4n) is 2.26. The number of hydrogen-bond donors (Lipinski definition) is 2. The molecule has 0 aliphatic heterocycles. The second-order valence-corrected chi connectivity index (χ2v) is 4.72. The van der Waals surface area contributed by atoms with E-state index >= 15 is 0 Å². The summed E-state index contributed by atoms with van der Waals surface area (Å²) in [7, 11) is 0. The van der Waals surface area contributed by atoms with Crippen LogP contribution in [0.3, 0.4) is 0 Å². The Kier molecular flexibility index (Phi) is 5.69. The third-order valence-electron chi connectivity index (χ3n) is 3.30. The number of nitrogens with one attached hydrogen (secondary N) is 1. The predicted molar refractivity (Wildman–Crippen MR) is 70.8 cm³/mol. The van der Waals surface area contributed by atoms with Crippen molar-refractivity contribution in [2.24, 2.45) is 11.7 Å². The summed E-state index contributed by atoms with van der Waals surface area (Å²) in [4.78, 5) is 11.8. The minimum atomic E-state index is -0.514. The molecule has 1 amide bonds. The molecule has 0 aromatic heterocycles. The van der Waals surface area contributed by atoms with E-state index in [0.29, 0.717) is 6.42 Å². The Labute approximate surface area is 117 Å². The summed E-state index contributed by atoms with van der Waals surface area (Å²) in [6.45, 7) is 0.00810. The molecule has 1 fully saturated rings. The highest BCUT2D eigenvalue weighted by atomic mass is 35.5. The smallest absolute Gasteiger partial charge is 0.223 e. The zero-order valence-corrected chi connectivity index (χ0v) is 11.2. The second kappa shape index (κ2) is 6.82. The van der Waals surface area contributed by atoms with Crippen LogP contribution >= 0.6 is 12.4 Å². The molecule has 0 bridgehead atoms. The molecule has 1 aliphatic rings. The van der Waals surface area contributed by atoms with Gasteiger partial charge in [-0.1, -0.05) is 0 Å². The van der Waals surface area contributed by atoms with Gasteiger partial charge in [-0.3, -0.25) is 4.79 Å². The molecule has 0 heterocycles. The zero-order valence-electron chi connectivity index (χ0n) is 10.4. The Morgan fingerprint density at radius 3 is 2.74 bits per heavy atom.